The molecule has 2 aromatic heterocycles. The molecule has 3 aromatic carbocycles. The van der Waals surface area contributed by atoms with E-state index in [4.69, 9.17) is 32.9 Å². The van der Waals surface area contributed by atoms with Crippen LogP contribution in [-0.4, -0.2) is 21.7 Å². The number of halogens is 2. The Bertz CT molecular complexity index is 2120. The molecule has 6 nitrogen and oxygen atoms in total. The van der Waals surface area contributed by atoms with Crippen molar-refractivity contribution in [2.75, 3.05) is 6.61 Å². The molecule has 0 bridgehead atoms. The lowest BCUT2D eigenvalue weighted by Crippen LogP contribution is -2.39. The number of benzene rings is 3. The normalized spacial score (nSPS) is 15.1. The number of carbonyl (C=O) groups is 1. The molecule has 1 aliphatic rings. The Hall–Kier alpha value is -3.91. The first-order chi connectivity index (χ1) is 20.7. The van der Waals surface area contributed by atoms with Crippen LogP contribution >= 0.6 is 34.5 Å². The van der Waals surface area contributed by atoms with Crippen molar-refractivity contribution in [2.24, 2.45) is 4.99 Å². The van der Waals surface area contributed by atoms with Gasteiger partial charge in [-0.2, -0.15) is 0 Å². The Balaban J connectivity index is 1.54. The van der Waals surface area contributed by atoms with Crippen molar-refractivity contribution in [3.63, 3.8) is 0 Å². The van der Waals surface area contributed by atoms with Gasteiger partial charge in [-0.05, 0) is 63.1 Å². The van der Waals surface area contributed by atoms with Crippen molar-refractivity contribution in [3.8, 4) is 0 Å². The van der Waals surface area contributed by atoms with Crippen LogP contribution in [0.15, 0.2) is 87.8 Å². The van der Waals surface area contributed by atoms with Gasteiger partial charge < -0.3 is 9.30 Å². The second-order valence-corrected chi connectivity index (χ2v) is 12.4. The second kappa shape index (κ2) is 11.6. The Kier molecular flexibility index (Phi) is 7.90. The van der Waals surface area contributed by atoms with Gasteiger partial charge in [-0.15, -0.1) is 0 Å². The number of hydrogen-bond acceptors (Lipinski definition) is 5. The van der Waals surface area contributed by atoms with E-state index in [0.717, 1.165) is 38.9 Å². The molecule has 5 aromatic rings. The average molecular weight is 631 g/mol. The van der Waals surface area contributed by atoms with Crippen LogP contribution in [0.5, 0.6) is 0 Å². The number of esters is 1. The minimum Gasteiger partial charge on any atom is -0.463 e. The third-order valence-electron chi connectivity index (χ3n) is 7.81. The molecule has 0 unspecified atom stereocenters. The quantitative estimate of drug-likeness (QED) is 0.196. The van der Waals surface area contributed by atoms with Gasteiger partial charge >= 0.3 is 5.97 Å². The van der Waals surface area contributed by atoms with Crippen molar-refractivity contribution in [1.29, 1.82) is 0 Å². The summed E-state index contributed by atoms with van der Waals surface area (Å²) in [4.78, 5) is 32.6. The number of aryl methyl sites for hydroxylation is 1. The van der Waals surface area contributed by atoms with E-state index < -0.39 is 12.0 Å². The highest BCUT2D eigenvalue weighted by Crippen LogP contribution is 2.32. The monoisotopic (exact) mass is 629 g/mol. The van der Waals surface area contributed by atoms with Crippen molar-refractivity contribution >= 4 is 57.5 Å². The van der Waals surface area contributed by atoms with E-state index in [1.165, 1.54) is 11.3 Å². The van der Waals surface area contributed by atoms with Gasteiger partial charge in [0.2, 0.25) is 0 Å². The molecule has 0 radical (unpaired) electrons. The fourth-order valence-electron chi connectivity index (χ4n) is 5.65. The zero-order valence-electron chi connectivity index (χ0n) is 24.2. The standard InChI is InChI=1S/C34H29Cl2N3O3S/c1-5-42-33(41)30-20(3)37-34-39(31(30)22-12-10-19(2)11-13-22)32(40)29(43-34)17-26-21(4)38(28-9-7-6-8-25(26)28)18-23-14-15-24(35)16-27(23)36/h6-17,31H,5,18H2,1-4H3/b29-17-/t31-/m0/s1. The summed E-state index contributed by atoms with van der Waals surface area (Å²) in [6.45, 7) is 8.39. The zero-order chi connectivity index (χ0) is 30.4. The van der Waals surface area contributed by atoms with Gasteiger partial charge in [0.05, 0.1) is 28.5 Å². The fourth-order valence-corrected chi connectivity index (χ4v) is 7.15. The van der Waals surface area contributed by atoms with Crippen LogP contribution in [0.25, 0.3) is 17.0 Å². The van der Waals surface area contributed by atoms with Gasteiger partial charge in [0.1, 0.15) is 0 Å². The molecule has 9 heteroatoms. The van der Waals surface area contributed by atoms with Gasteiger partial charge in [-0.3, -0.25) is 9.36 Å². The molecule has 0 saturated heterocycles. The fraction of sp³-hybridized carbons (Fsp3) is 0.206. The summed E-state index contributed by atoms with van der Waals surface area (Å²) < 4.78 is 9.78. The van der Waals surface area contributed by atoms with Crippen LogP contribution < -0.4 is 14.9 Å². The number of nitrogens with zero attached hydrogens (tertiary/aromatic N) is 3. The Morgan fingerprint density at radius 3 is 2.51 bits per heavy atom. The molecule has 0 saturated carbocycles. The number of ether oxygens (including phenoxy) is 1. The number of rotatable bonds is 6. The molecular formula is C34H29Cl2N3O3S. The topological polar surface area (TPSA) is 65.6 Å². The van der Waals surface area contributed by atoms with Gasteiger partial charge in [0.25, 0.3) is 5.56 Å². The van der Waals surface area contributed by atoms with Crippen LogP contribution in [0, 0.1) is 13.8 Å². The predicted octanol–water partition coefficient (Wildman–Crippen LogP) is 6.72. The van der Waals surface area contributed by atoms with E-state index in [9.17, 15) is 9.59 Å². The van der Waals surface area contributed by atoms with Crippen molar-refractivity contribution in [2.45, 2.75) is 40.3 Å². The molecule has 0 N–H and O–H groups in total. The number of hydrogen-bond donors (Lipinski definition) is 0. The van der Waals surface area contributed by atoms with E-state index in [0.29, 0.717) is 37.2 Å². The SMILES string of the molecule is CCOC(=O)C1=C(C)N=c2s/c(=C\c3c(C)n(Cc4ccc(Cl)cc4Cl)c4ccccc34)c(=O)n2[C@H]1c1ccc(C)cc1. The summed E-state index contributed by atoms with van der Waals surface area (Å²) in [7, 11) is 0. The molecule has 1 atom stereocenters. The summed E-state index contributed by atoms with van der Waals surface area (Å²) in [5.41, 5.74) is 6.53. The van der Waals surface area contributed by atoms with Crippen LogP contribution in [-0.2, 0) is 16.1 Å². The Morgan fingerprint density at radius 2 is 1.79 bits per heavy atom. The minimum atomic E-state index is -0.646. The van der Waals surface area contributed by atoms with Crippen LogP contribution in [0.4, 0.5) is 0 Å². The van der Waals surface area contributed by atoms with E-state index in [1.54, 1.807) is 24.5 Å². The summed E-state index contributed by atoms with van der Waals surface area (Å²) in [5, 5.41) is 2.21. The number of fused-ring (bicyclic) bond motifs is 2. The van der Waals surface area contributed by atoms with Crippen LogP contribution in [0.1, 0.15) is 47.8 Å². The zero-order valence-corrected chi connectivity index (χ0v) is 26.5. The maximum Gasteiger partial charge on any atom is 0.338 e. The van der Waals surface area contributed by atoms with Gasteiger partial charge in [0.15, 0.2) is 4.80 Å². The molecule has 218 valence electrons. The highest BCUT2D eigenvalue weighted by molar-refractivity contribution is 7.07. The first-order valence-corrected chi connectivity index (χ1v) is 15.5. The molecule has 6 rings (SSSR count). The molecule has 43 heavy (non-hydrogen) atoms. The number of allylic oxidation sites excluding steroid dienone is 1. The summed E-state index contributed by atoms with van der Waals surface area (Å²) in [5.74, 6) is -0.469. The summed E-state index contributed by atoms with van der Waals surface area (Å²) in [6, 6.07) is 20.9. The number of thiazole rings is 1. The predicted molar refractivity (Wildman–Crippen MR) is 174 cm³/mol. The lowest BCUT2D eigenvalue weighted by atomic mass is 9.95. The van der Waals surface area contributed by atoms with Crippen molar-refractivity contribution < 1.29 is 9.53 Å². The lowest BCUT2D eigenvalue weighted by Gasteiger charge is -2.24. The summed E-state index contributed by atoms with van der Waals surface area (Å²) >= 11 is 14.0. The average Bonchev–Trinajstić information content (AvgIpc) is 3.42. The Morgan fingerprint density at radius 1 is 1.05 bits per heavy atom. The molecule has 3 heterocycles. The molecular weight excluding hydrogens is 601 g/mol. The third-order valence-corrected chi connectivity index (χ3v) is 9.38. The highest BCUT2D eigenvalue weighted by Gasteiger charge is 2.33. The number of para-hydroxylation sites is 1. The molecule has 0 aliphatic carbocycles. The van der Waals surface area contributed by atoms with E-state index in [2.05, 4.69) is 16.7 Å². The Labute approximate surface area is 262 Å². The van der Waals surface area contributed by atoms with E-state index in [1.807, 2.05) is 68.5 Å². The molecule has 0 fully saturated rings. The van der Waals surface area contributed by atoms with Gasteiger partial charge in [-0.25, -0.2) is 9.79 Å². The van der Waals surface area contributed by atoms with Crippen molar-refractivity contribution in [3.05, 3.63) is 136 Å². The largest absolute Gasteiger partial charge is 0.463 e. The minimum absolute atomic E-state index is 0.208. The number of aromatic nitrogens is 2. The van der Waals surface area contributed by atoms with Gasteiger partial charge in [0, 0.05) is 38.8 Å². The van der Waals surface area contributed by atoms with Gasteiger partial charge in [-0.1, -0.05) is 88.6 Å². The van der Waals surface area contributed by atoms with E-state index in [-0.39, 0.29) is 12.2 Å². The maximum absolute atomic E-state index is 14.2. The maximum atomic E-state index is 14.2. The third kappa shape index (κ3) is 5.26. The molecule has 0 spiro atoms. The first kappa shape index (κ1) is 29.2. The second-order valence-electron chi connectivity index (χ2n) is 10.6. The molecule has 1 aliphatic heterocycles. The van der Waals surface area contributed by atoms with Crippen molar-refractivity contribution in [1.82, 2.24) is 9.13 Å². The first-order valence-electron chi connectivity index (χ1n) is 14.0. The smallest absolute Gasteiger partial charge is 0.338 e. The van der Waals surface area contributed by atoms with Crippen LogP contribution in [0.3, 0.4) is 0 Å². The van der Waals surface area contributed by atoms with E-state index >= 15 is 0 Å². The molecule has 0 amide bonds. The highest BCUT2D eigenvalue weighted by atomic mass is 35.5. The number of carbonyl (C=O) groups excluding carboxylic acids is 1. The summed E-state index contributed by atoms with van der Waals surface area (Å²) in [6.07, 6.45) is 1.94. The lowest BCUT2D eigenvalue weighted by molar-refractivity contribution is -0.139. The van der Waals surface area contributed by atoms with Crippen LogP contribution in [0.2, 0.25) is 10.0 Å².